The molecule has 6 heteroatoms. The molecule has 0 amide bonds. The number of ketones is 1. The van der Waals surface area contributed by atoms with Crippen molar-refractivity contribution in [2.75, 3.05) is 20.8 Å². The second-order valence-corrected chi connectivity index (χ2v) is 7.34. The number of hydrogen-bond acceptors (Lipinski definition) is 6. The Morgan fingerprint density at radius 2 is 2.00 bits per heavy atom. The molecule has 0 fully saturated rings. The van der Waals surface area contributed by atoms with E-state index in [1.807, 2.05) is 13.8 Å². The molecule has 0 saturated carbocycles. The van der Waals surface area contributed by atoms with Crippen molar-refractivity contribution in [1.29, 1.82) is 0 Å². The lowest BCUT2D eigenvalue weighted by Crippen LogP contribution is -2.43. The van der Waals surface area contributed by atoms with Gasteiger partial charge in [0, 0.05) is 18.6 Å². The van der Waals surface area contributed by atoms with Crippen LogP contribution in [0.4, 0.5) is 0 Å². The molecule has 2 heterocycles. The Morgan fingerprint density at radius 1 is 1.28 bits per heavy atom. The second-order valence-electron chi connectivity index (χ2n) is 7.34. The molecule has 0 unspecified atom stereocenters. The number of rotatable bonds is 4. The van der Waals surface area contributed by atoms with Crippen LogP contribution in [0.5, 0.6) is 28.7 Å². The van der Waals surface area contributed by atoms with E-state index in [0.29, 0.717) is 33.9 Å². The summed E-state index contributed by atoms with van der Waals surface area (Å²) in [5.74, 6) is 1.05. The summed E-state index contributed by atoms with van der Waals surface area (Å²) in [4.78, 5) is 13.5. The number of carbonyl (C=O) groups is 1. The SMILES string of the molecule is [3H][C@H](C=C(C)C)c1c(O)ccc2c1O[C@@H]1COc3cc(OC)c(OC)cc3[C@@H]1C2=O. The Balaban J connectivity index is 1.83. The molecule has 2 aromatic rings. The van der Waals surface area contributed by atoms with Gasteiger partial charge in [0.1, 0.15) is 30.0 Å². The van der Waals surface area contributed by atoms with Gasteiger partial charge in [-0.1, -0.05) is 11.6 Å². The number of methoxy groups -OCH3 is 2. The number of ether oxygens (including phenoxy) is 4. The summed E-state index contributed by atoms with van der Waals surface area (Å²) in [7, 11) is 3.07. The first kappa shape index (κ1) is 17.9. The highest BCUT2D eigenvalue weighted by molar-refractivity contribution is 6.05. The van der Waals surface area contributed by atoms with Crippen LogP contribution in [0.25, 0.3) is 0 Å². The summed E-state index contributed by atoms with van der Waals surface area (Å²) < 4.78 is 31.2. The van der Waals surface area contributed by atoms with Crippen LogP contribution in [0.3, 0.4) is 0 Å². The van der Waals surface area contributed by atoms with Crippen molar-refractivity contribution in [2.24, 2.45) is 0 Å². The number of phenols is 1. The molecule has 6 nitrogen and oxygen atoms in total. The number of phenolic OH excluding ortho intramolecular Hbond substituents is 1. The third kappa shape index (κ3) is 3.18. The molecule has 29 heavy (non-hydrogen) atoms. The predicted octanol–water partition coefficient (Wildman–Crippen LogP) is 4.04. The van der Waals surface area contributed by atoms with Crippen LogP contribution >= 0.6 is 0 Å². The quantitative estimate of drug-likeness (QED) is 0.784. The Kier molecular flexibility index (Phi) is 4.54. The van der Waals surface area contributed by atoms with Crippen LogP contribution in [-0.2, 0) is 6.40 Å². The molecule has 0 aliphatic carbocycles. The number of carbonyl (C=O) groups excluding carboxylic acids is 1. The predicted molar refractivity (Wildman–Crippen MR) is 108 cm³/mol. The highest BCUT2D eigenvalue weighted by atomic mass is 16.5. The van der Waals surface area contributed by atoms with Crippen molar-refractivity contribution in [3.63, 3.8) is 0 Å². The minimum Gasteiger partial charge on any atom is -0.508 e. The molecule has 0 spiro atoms. The van der Waals surface area contributed by atoms with E-state index < -0.39 is 18.4 Å². The van der Waals surface area contributed by atoms with Gasteiger partial charge in [-0.05, 0) is 38.4 Å². The van der Waals surface area contributed by atoms with E-state index in [1.54, 1.807) is 31.4 Å². The Hall–Kier alpha value is -3.15. The molecule has 1 N–H and O–H groups in total. The van der Waals surface area contributed by atoms with E-state index in [9.17, 15) is 9.90 Å². The topological polar surface area (TPSA) is 74.2 Å². The standard InChI is InChI=1S/C23H24O6/c1-12(2)5-6-13-16(24)8-7-14-22(25)21-15-9-18(26-3)19(27-4)10-17(15)28-11-20(21)29-23(13)14/h5,7-10,20-21,24H,6,11H2,1-4H3/t20-,21+/m1/s1/i6T/t6-,20-,21+. The molecular formula is C23H24O6. The van der Waals surface area contributed by atoms with Crippen LogP contribution in [0.2, 0.25) is 0 Å². The van der Waals surface area contributed by atoms with Gasteiger partial charge in [-0.25, -0.2) is 0 Å². The first-order valence-corrected chi connectivity index (χ1v) is 9.38. The van der Waals surface area contributed by atoms with E-state index in [4.69, 9.17) is 20.3 Å². The maximum atomic E-state index is 13.5. The Morgan fingerprint density at radius 3 is 2.69 bits per heavy atom. The maximum absolute atomic E-state index is 13.5. The first-order valence-electron chi connectivity index (χ1n) is 9.96. The molecule has 152 valence electrons. The summed E-state index contributed by atoms with van der Waals surface area (Å²) in [6, 6.07) is 6.46. The minimum atomic E-state index is -0.851. The molecule has 0 aromatic heterocycles. The minimum absolute atomic E-state index is 0.0685. The number of aromatic hydroxyl groups is 1. The van der Waals surface area contributed by atoms with E-state index in [0.717, 1.165) is 5.57 Å². The van der Waals surface area contributed by atoms with Gasteiger partial charge in [0.15, 0.2) is 17.3 Å². The van der Waals surface area contributed by atoms with Gasteiger partial charge in [-0.2, -0.15) is 0 Å². The van der Waals surface area contributed by atoms with Crippen LogP contribution in [-0.4, -0.2) is 37.8 Å². The highest BCUT2D eigenvalue weighted by Crippen LogP contribution is 2.48. The fraction of sp³-hybridized carbons (Fsp3) is 0.348. The molecule has 2 aromatic carbocycles. The molecule has 0 saturated heterocycles. The lowest BCUT2D eigenvalue weighted by molar-refractivity contribution is 0.0553. The zero-order valence-corrected chi connectivity index (χ0v) is 16.8. The number of fused-ring (bicyclic) bond motifs is 4. The lowest BCUT2D eigenvalue weighted by Gasteiger charge is -2.38. The summed E-state index contributed by atoms with van der Waals surface area (Å²) in [6.45, 7) is 3.92. The molecule has 0 bridgehead atoms. The Bertz CT molecular complexity index is 1040. The van der Waals surface area contributed by atoms with Gasteiger partial charge in [-0.3, -0.25) is 4.79 Å². The highest BCUT2D eigenvalue weighted by Gasteiger charge is 2.44. The fourth-order valence-electron chi connectivity index (χ4n) is 3.76. The molecule has 3 atom stereocenters. The summed E-state index contributed by atoms with van der Waals surface area (Å²) in [6.07, 6.45) is 0.282. The molecular weight excluding hydrogens is 372 g/mol. The summed E-state index contributed by atoms with van der Waals surface area (Å²) >= 11 is 0. The van der Waals surface area contributed by atoms with Crippen molar-refractivity contribution in [1.82, 2.24) is 0 Å². The average molecular weight is 398 g/mol. The van der Waals surface area contributed by atoms with Crippen LogP contribution in [0.15, 0.2) is 35.9 Å². The number of allylic oxidation sites excluding steroid dienone is 2. The molecule has 4 rings (SSSR count). The van der Waals surface area contributed by atoms with Gasteiger partial charge in [-0.15, -0.1) is 0 Å². The summed E-state index contributed by atoms with van der Waals surface area (Å²) in [5, 5.41) is 10.4. The third-order valence-electron chi connectivity index (χ3n) is 5.20. The molecule has 0 radical (unpaired) electrons. The normalized spacial score (nSPS) is 20.7. The zero-order chi connectivity index (χ0) is 21.6. The van der Waals surface area contributed by atoms with E-state index in [-0.39, 0.29) is 23.9 Å². The lowest BCUT2D eigenvalue weighted by atomic mass is 9.81. The fourth-order valence-corrected chi connectivity index (χ4v) is 3.76. The molecule has 2 aliphatic rings. The zero-order valence-electron chi connectivity index (χ0n) is 17.8. The third-order valence-corrected chi connectivity index (χ3v) is 5.20. The smallest absolute Gasteiger partial charge is 0.178 e. The largest absolute Gasteiger partial charge is 0.508 e. The van der Waals surface area contributed by atoms with Crippen LogP contribution in [0.1, 0.15) is 42.6 Å². The maximum Gasteiger partial charge on any atom is 0.178 e. The van der Waals surface area contributed by atoms with Crippen molar-refractivity contribution >= 4 is 5.78 Å². The van der Waals surface area contributed by atoms with Gasteiger partial charge >= 0.3 is 0 Å². The van der Waals surface area contributed by atoms with Crippen molar-refractivity contribution in [2.45, 2.75) is 32.3 Å². The van der Waals surface area contributed by atoms with E-state index in [2.05, 4.69) is 0 Å². The van der Waals surface area contributed by atoms with Crippen LogP contribution < -0.4 is 18.9 Å². The van der Waals surface area contributed by atoms with Crippen molar-refractivity contribution in [3.05, 3.63) is 52.6 Å². The number of benzene rings is 2. The van der Waals surface area contributed by atoms with E-state index >= 15 is 0 Å². The number of hydrogen-bond donors (Lipinski definition) is 1. The molecule has 2 aliphatic heterocycles. The number of Topliss-reactive ketones (excluding diaryl/α,β-unsaturated/α-hetero) is 1. The van der Waals surface area contributed by atoms with Gasteiger partial charge < -0.3 is 24.1 Å². The average Bonchev–Trinajstić information content (AvgIpc) is 2.71. The summed E-state index contributed by atoms with van der Waals surface area (Å²) in [5.41, 5.74) is 2.24. The van der Waals surface area contributed by atoms with Crippen molar-refractivity contribution in [3.8, 4) is 28.7 Å². The Labute approximate surface area is 171 Å². The monoisotopic (exact) mass is 398 g/mol. The van der Waals surface area contributed by atoms with Gasteiger partial charge in [0.2, 0.25) is 0 Å². The van der Waals surface area contributed by atoms with Gasteiger partial charge in [0.25, 0.3) is 0 Å². The van der Waals surface area contributed by atoms with Crippen molar-refractivity contribution < 1.29 is 30.2 Å². The first-order chi connectivity index (χ1) is 14.3. The second kappa shape index (κ2) is 7.35. The van der Waals surface area contributed by atoms with Gasteiger partial charge in [0.05, 0.1) is 25.7 Å². The van der Waals surface area contributed by atoms with E-state index in [1.165, 1.54) is 13.2 Å². The van der Waals surface area contributed by atoms with Crippen LogP contribution in [0, 0.1) is 0 Å².